The second-order valence-electron chi connectivity index (χ2n) is 23.8. The second-order valence-corrected chi connectivity index (χ2v) is 23.8. The van der Waals surface area contributed by atoms with Crippen molar-refractivity contribution in [2.24, 2.45) is 9.98 Å². The molecule has 1 heterocycles. The predicted molar refractivity (Wildman–Crippen MR) is 352 cm³/mol. The van der Waals surface area contributed by atoms with Crippen molar-refractivity contribution in [3.05, 3.63) is 288 Å². The minimum atomic E-state index is -0.949. The molecule has 0 N–H and O–H groups in total. The van der Waals surface area contributed by atoms with E-state index < -0.39 is 5.41 Å². The molecule has 0 unspecified atom stereocenters. The number of nitrogens with zero attached hydrogens (tertiary/aromatic N) is 4. The zero-order chi connectivity index (χ0) is 57.0. The zero-order valence-corrected chi connectivity index (χ0v) is 48.2. The summed E-state index contributed by atoms with van der Waals surface area (Å²) in [5.74, 6) is 0. The maximum Gasteiger partial charge on any atom is 0.145 e. The van der Waals surface area contributed by atoms with Gasteiger partial charge in [-0.1, -0.05) is 230 Å². The van der Waals surface area contributed by atoms with Crippen molar-refractivity contribution in [3.8, 4) is 33.4 Å². The molecule has 11 aromatic carbocycles. The Morgan fingerprint density at radius 2 is 0.807 bits per heavy atom. The highest BCUT2D eigenvalue weighted by Gasteiger charge is 2.51. The smallest absolute Gasteiger partial charge is 0.145 e. The molecule has 0 spiro atoms. The van der Waals surface area contributed by atoms with Gasteiger partial charge in [0.2, 0.25) is 0 Å². The Labute approximate surface area is 488 Å². The van der Waals surface area contributed by atoms with Gasteiger partial charge in [0, 0.05) is 45.5 Å². The van der Waals surface area contributed by atoms with Crippen molar-refractivity contribution in [1.29, 1.82) is 0 Å². The highest BCUT2D eigenvalue weighted by atomic mass is 16.3. The van der Waals surface area contributed by atoms with Crippen LogP contribution in [0.1, 0.15) is 81.8 Å². The number of hydrogen-bond donors (Lipinski definition) is 0. The number of furan rings is 1. The Bertz CT molecular complexity index is 4320. The zero-order valence-electron chi connectivity index (χ0n) is 48.2. The fraction of sp³-hybridized carbons (Fsp3) is 0.128. The molecular weight excluding hydrogens is 1010 g/mol. The van der Waals surface area contributed by atoms with Crippen LogP contribution in [0, 0.1) is 0 Å². The van der Waals surface area contributed by atoms with Crippen molar-refractivity contribution in [3.63, 3.8) is 0 Å². The molecule has 0 aliphatic heterocycles. The molecule has 0 bridgehead atoms. The minimum Gasteiger partial charge on any atom is -0.455 e. The van der Waals surface area contributed by atoms with Crippen molar-refractivity contribution >= 4 is 80.4 Å². The Kier molecular flexibility index (Phi) is 13.2. The number of para-hydroxylation sites is 1. The first-order valence-electron chi connectivity index (χ1n) is 28.8. The van der Waals surface area contributed by atoms with Gasteiger partial charge in [0.1, 0.15) is 16.9 Å². The first kappa shape index (κ1) is 52.5. The van der Waals surface area contributed by atoms with Gasteiger partial charge in [-0.3, -0.25) is 9.98 Å². The summed E-state index contributed by atoms with van der Waals surface area (Å²) >= 11 is 0. The molecule has 0 saturated heterocycles. The van der Waals surface area contributed by atoms with Gasteiger partial charge in [-0.15, -0.1) is 0 Å². The Morgan fingerprint density at radius 1 is 0.422 bits per heavy atom. The Balaban J connectivity index is 1.17. The van der Waals surface area contributed by atoms with E-state index in [1.54, 1.807) is 0 Å². The summed E-state index contributed by atoms with van der Waals surface area (Å²) in [6.45, 7) is 20.0. The van der Waals surface area contributed by atoms with Crippen LogP contribution in [0.4, 0.5) is 45.5 Å². The molecule has 1 aliphatic carbocycles. The van der Waals surface area contributed by atoms with E-state index in [0.29, 0.717) is 11.4 Å². The summed E-state index contributed by atoms with van der Waals surface area (Å²) in [7, 11) is 0. The van der Waals surface area contributed by atoms with Gasteiger partial charge >= 0.3 is 0 Å². The van der Waals surface area contributed by atoms with Crippen LogP contribution in [0.3, 0.4) is 0 Å². The summed E-state index contributed by atoms with van der Waals surface area (Å²) in [4.78, 5) is 15.3. The third-order valence-corrected chi connectivity index (χ3v) is 16.7. The van der Waals surface area contributed by atoms with E-state index in [0.717, 1.165) is 112 Å². The van der Waals surface area contributed by atoms with Crippen LogP contribution >= 0.6 is 0 Å². The van der Waals surface area contributed by atoms with Gasteiger partial charge in [0.05, 0.1) is 27.9 Å². The highest BCUT2D eigenvalue weighted by Crippen LogP contribution is 2.66. The number of anilines is 6. The lowest BCUT2D eigenvalue weighted by molar-refractivity contribution is 0.590. The molecule has 1 aliphatic rings. The quantitative estimate of drug-likeness (QED) is 0.115. The average Bonchev–Trinajstić information content (AvgIpc) is 1.97. The van der Waals surface area contributed by atoms with Crippen LogP contribution in [-0.2, 0) is 16.2 Å². The molecule has 83 heavy (non-hydrogen) atoms. The Morgan fingerprint density at radius 3 is 1.25 bits per heavy atom. The first-order chi connectivity index (χ1) is 40.4. The molecule has 0 radical (unpaired) electrons. The first-order valence-corrected chi connectivity index (χ1v) is 28.8. The summed E-state index contributed by atoms with van der Waals surface area (Å²) in [6.07, 6.45) is 1.88. The second kappa shape index (κ2) is 20.9. The molecule has 1 aromatic heterocycles. The summed E-state index contributed by atoms with van der Waals surface area (Å²) < 4.78 is 7.48. The summed E-state index contributed by atoms with van der Waals surface area (Å²) in [5, 5.41) is 2.00. The van der Waals surface area contributed by atoms with Gasteiger partial charge in [-0.25, -0.2) is 0 Å². The van der Waals surface area contributed by atoms with Crippen LogP contribution in [0.2, 0.25) is 0 Å². The van der Waals surface area contributed by atoms with Crippen molar-refractivity contribution < 1.29 is 4.42 Å². The maximum absolute atomic E-state index is 7.48. The lowest BCUT2D eigenvalue weighted by Gasteiger charge is -2.36. The largest absolute Gasteiger partial charge is 0.455 e. The predicted octanol–water partition coefficient (Wildman–Crippen LogP) is 21.9. The minimum absolute atomic E-state index is 0.0491. The molecular formula is C78H66N4O. The van der Waals surface area contributed by atoms with E-state index in [-0.39, 0.29) is 10.8 Å². The van der Waals surface area contributed by atoms with Gasteiger partial charge < -0.3 is 14.2 Å². The van der Waals surface area contributed by atoms with E-state index in [1.807, 2.05) is 13.1 Å². The van der Waals surface area contributed by atoms with Gasteiger partial charge in [-0.2, -0.15) is 0 Å². The lowest BCUT2D eigenvalue weighted by atomic mass is 9.67. The number of benzene rings is 11. The highest BCUT2D eigenvalue weighted by molar-refractivity contribution is 6.21. The SMILES string of the molecule is C=Nc1c(N=CC)c(N(c2ccc(-c3ccccc3)cc2)c2ccc(C(C)(C)C)cc2)cc2c1-c1c(cc(N(c3ccc(-c4ccccc4)cc3)c3ccc(C(C)(C)C)cc3)c3c1oc1ccccc13)C2(c1ccccc1)c1ccccc1. The lowest BCUT2D eigenvalue weighted by Crippen LogP contribution is -2.29. The monoisotopic (exact) mass is 1070 g/mol. The number of aliphatic imine (C=N–C) groups is 2. The van der Waals surface area contributed by atoms with E-state index >= 15 is 0 Å². The molecule has 404 valence electrons. The molecule has 0 atom stereocenters. The molecule has 0 fully saturated rings. The normalized spacial score (nSPS) is 12.9. The van der Waals surface area contributed by atoms with Gasteiger partial charge in [-0.05, 0) is 147 Å². The average molecular weight is 1080 g/mol. The third-order valence-electron chi connectivity index (χ3n) is 16.7. The van der Waals surface area contributed by atoms with Crippen molar-refractivity contribution in [2.45, 2.75) is 64.7 Å². The fourth-order valence-corrected chi connectivity index (χ4v) is 12.6. The van der Waals surface area contributed by atoms with E-state index in [2.05, 4.69) is 313 Å². The fourth-order valence-electron chi connectivity index (χ4n) is 12.6. The van der Waals surface area contributed by atoms with E-state index in [4.69, 9.17) is 14.4 Å². The van der Waals surface area contributed by atoms with Crippen molar-refractivity contribution in [2.75, 3.05) is 9.80 Å². The molecule has 5 nitrogen and oxygen atoms in total. The molecule has 12 aromatic rings. The third kappa shape index (κ3) is 9.05. The van der Waals surface area contributed by atoms with E-state index in [1.165, 1.54) is 11.1 Å². The van der Waals surface area contributed by atoms with Crippen molar-refractivity contribution in [1.82, 2.24) is 0 Å². The molecule has 5 heteroatoms. The topological polar surface area (TPSA) is 44.3 Å². The maximum atomic E-state index is 7.48. The summed E-state index contributed by atoms with van der Waals surface area (Å²) in [5.41, 5.74) is 21.0. The van der Waals surface area contributed by atoms with Gasteiger partial charge in [0.25, 0.3) is 0 Å². The standard InChI is InChI=1S/C78H66N4O/c1-9-80-73-68(82(63-48-40-57(41-49-63)77(5,6)7)61-44-36-55(37-45-61)53-26-16-11-17-27-53)51-65-71(74(73)79-8)72-66(78(65,58-28-18-12-19-29-58)59-30-20-13-21-31-59)50-67(70-64-32-22-23-33-69(64)83-75(70)72)81(62-46-38-56(39-47-62)76(2,3)4)60-42-34-54(35-43-60)52-24-14-10-15-25-52/h9-51H,8H2,1-7H3. The molecule has 13 rings (SSSR count). The van der Waals surface area contributed by atoms with Crippen LogP contribution in [0.5, 0.6) is 0 Å². The Hall–Kier alpha value is -9.84. The van der Waals surface area contributed by atoms with Gasteiger partial charge in [0.15, 0.2) is 0 Å². The van der Waals surface area contributed by atoms with E-state index in [9.17, 15) is 0 Å². The number of rotatable bonds is 12. The van der Waals surface area contributed by atoms with Crippen LogP contribution in [-0.4, -0.2) is 12.9 Å². The molecule has 0 saturated carbocycles. The van der Waals surface area contributed by atoms with Crippen LogP contribution < -0.4 is 9.80 Å². The van der Waals surface area contributed by atoms with Crippen LogP contribution in [0.15, 0.2) is 269 Å². The summed E-state index contributed by atoms with van der Waals surface area (Å²) in [6, 6.07) is 92.5. The number of fused-ring (bicyclic) bond motifs is 7. The molecule has 0 amide bonds. The van der Waals surface area contributed by atoms with Crippen LogP contribution in [0.25, 0.3) is 55.3 Å². The number of hydrogen-bond acceptors (Lipinski definition) is 5.